The van der Waals surface area contributed by atoms with Gasteiger partial charge < -0.3 is 9.74 Å². The second-order valence-corrected chi connectivity index (χ2v) is 9.03. The number of carbonyl (C=O) groups excluding carboxylic acids is 1. The second-order valence-electron chi connectivity index (χ2n) is 4.46. The topological polar surface area (TPSA) is 38.3 Å². The molecule has 0 rings (SSSR count). The van der Waals surface area contributed by atoms with E-state index in [0.717, 1.165) is 37.7 Å². The Balaban J connectivity index is 3.98. The third-order valence-electron chi connectivity index (χ3n) is 3.22. The van der Waals surface area contributed by atoms with Crippen LogP contribution < -0.4 is 5.32 Å². The van der Waals surface area contributed by atoms with Gasteiger partial charge in [-0.2, -0.15) is 0 Å². The van der Waals surface area contributed by atoms with Crippen molar-refractivity contribution in [2.75, 3.05) is 13.2 Å². The highest BCUT2D eigenvalue weighted by Gasteiger charge is 2.29. The molecule has 4 heteroatoms. The molecule has 0 radical (unpaired) electrons. The summed E-state index contributed by atoms with van der Waals surface area (Å²) in [7, 11) is -1.52. The molecule has 0 saturated heterocycles. The predicted octanol–water partition coefficient (Wildman–Crippen LogP) is 3.09. The lowest BCUT2D eigenvalue weighted by Gasteiger charge is -2.28. The minimum absolute atomic E-state index is 0.0401. The summed E-state index contributed by atoms with van der Waals surface area (Å²) >= 11 is 0. The SMILES string of the molecule is C=C(C)C(=O)NCCC[Si](CC)(CC)OCC. The summed E-state index contributed by atoms with van der Waals surface area (Å²) in [6, 6.07) is 3.45. The Morgan fingerprint density at radius 2 is 1.88 bits per heavy atom. The molecule has 0 bridgehead atoms. The molecule has 0 atom stereocenters. The Kier molecular flexibility index (Phi) is 8.17. The summed E-state index contributed by atoms with van der Waals surface area (Å²) in [4.78, 5) is 11.3. The van der Waals surface area contributed by atoms with Gasteiger partial charge in [-0.05, 0) is 38.4 Å². The van der Waals surface area contributed by atoms with E-state index in [4.69, 9.17) is 4.43 Å². The first-order valence-electron chi connectivity index (χ1n) is 6.59. The highest BCUT2D eigenvalue weighted by Crippen LogP contribution is 2.23. The lowest BCUT2D eigenvalue weighted by atomic mass is 10.3. The smallest absolute Gasteiger partial charge is 0.246 e. The van der Waals surface area contributed by atoms with Crippen LogP contribution in [0.2, 0.25) is 18.1 Å². The first-order chi connectivity index (χ1) is 8.01. The Morgan fingerprint density at radius 1 is 1.29 bits per heavy atom. The summed E-state index contributed by atoms with van der Waals surface area (Å²) in [6.07, 6.45) is 1.01. The quantitative estimate of drug-likeness (QED) is 0.391. The van der Waals surface area contributed by atoms with Gasteiger partial charge in [-0.15, -0.1) is 0 Å². The van der Waals surface area contributed by atoms with Crippen LogP contribution in [0.4, 0.5) is 0 Å². The van der Waals surface area contributed by atoms with Crippen molar-refractivity contribution in [3.05, 3.63) is 12.2 Å². The first-order valence-corrected chi connectivity index (χ1v) is 9.12. The molecule has 100 valence electrons. The molecule has 0 aliphatic rings. The molecule has 1 amide bonds. The van der Waals surface area contributed by atoms with Gasteiger partial charge in [0.25, 0.3) is 0 Å². The fraction of sp³-hybridized carbons (Fsp3) is 0.769. The predicted molar refractivity (Wildman–Crippen MR) is 75.6 cm³/mol. The van der Waals surface area contributed by atoms with E-state index >= 15 is 0 Å². The molecule has 0 heterocycles. The maximum absolute atomic E-state index is 11.3. The molecule has 0 spiro atoms. The molecule has 0 aromatic carbocycles. The fourth-order valence-corrected chi connectivity index (χ4v) is 5.14. The Morgan fingerprint density at radius 3 is 2.29 bits per heavy atom. The van der Waals surface area contributed by atoms with Crippen molar-refractivity contribution < 1.29 is 9.22 Å². The van der Waals surface area contributed by atoms with E-state index in [1.165, 1.54) is 0 Å². The van der Waals surface area contributed by atoms with Crippen LogP contribution in [-0.2, 0) is 9.22 Å². The maximum atomic E-state index is 11.3. The number of nitrogens with one attached hydrogen (secondary N) is 1. The van der Waals surface area contributed by atoms with Crippen LogP contribution in [0.1, 0.15) is 34.1 Å². The number of amides is 1. The van der Waals surface area contributed by atoms with Crippen molar-refractivity contribution in [2.45, 2.75) is 52.2 Å². The summed E-state index contributed by atoms with van der Waals surface area (Å²) in [5.74, 6) is -0.0401. The van der Waals surface area contributed by atoms with E-state index in [2.05, 4.69) is 32.7 Å². The molecule has 0 aliphatic heterocycles. The molecule has 17 heavy (non-hydrogen) atoms. The van der Waals surface area contributed by atoms with Crippen LogP contribution in [0, 0.1) is 0 Å². The number of rotatable bonds is 9. The van der Waals surface area contributed by atoms with E-state index in [1.807, 2.05) is 0 Å². The highest BCUT2D eigenvalue weighted by atomic mass is 28.4. The van der Waals surface area contributed by atoms with Gasteiger partial charge in [0.2, 0.25) is 5.91 Å². The standard InChI is InChI=1S/C13H27NO2Si/c1-6-16-17(7-2,8-3)11-9-10-14-13(15)12(4)5/h4,6-11H2,1-3,5H3,(H,14,15). The molecular formula is C13H27NO2Si. The van der Waals surface area contributed by atoms with Crippen LogP contribution >= 0.6 is 0 Å². The number of carbonyl (C=O) groups is 1. The third-order valence-corrected chi connectivity index (χ3v) is 7.96. The zero-order valence-corrected chi connectivity index (χ0v) is 12.8. The fourth-order valence-electron chi connectivity index (χ4n) is 1.95. The summed E-state index contributed by atoms with van der Waals surface area (Å²) < 4.78 is 5.99. The average Bonchev–Trinajstić information content (AvgIpc) is 2.32. The van der Waals surface area contributed by atoms with Crippen LogP contribution in [0.3, 0.4) is 0 Å². The zero-order chi connectivity index (χ0) is 13.3. The normalized spacial score (nSPS) is 11.3. The molecule has 0 unspecified atom stereocenters. The summed E-state index contributed by atoms with van der Waals surface area (Å²) in [6.45, 7) is 13.4. The molecular weight excluding hydrogens is 230 g/mol. The average molecular weight is 257 g/mol. The van der Waals surface area contributed by atoms with E-state index < -0.39 is 8.32 Å². The van der Waals surface area contributed by atoms with Crippen molar-refractivity contribution in [1.29, 1.82) is 0 Å². The lowest BCUT2D eigenvalue weighted by Crippen LogP contribution is -2.37. The highest BCUT2D eigenvalue weighted by molar-refractivity contribution is 6.73. The van der Waals surface area contributed by atoms with Crippen LogP contribution in [0.25, 0.3) is 0 Å². The van der Waals surface area contributed by atoms with Crippen molar-refractivity contribution in [3.63, 3.8) is 0 Å². The minimum atomic E-state index is -1.52. The van der Waals surface area contributed by atoms with Crippen molar-refractivity contribution in [3.8, 4) is 0 Å². The molecule has 1 N–H and O–H groups in total. The van der Waals surface area contributed by atoms with Gasteiger partial charge in [-0.1, -0.05) is 20.4 Å². The molecule has 0 aromatic heterocycles. The van der Waals surface area contributed by atoms with Gasteiger partial charge in [0, 0.05) is 18.7 Å². The Labute approximate surface area is 107 Å². The van der Waals surface area contributed by atoms with Crippen LogP contribution in [-0.4, -0.2) is 27.4 Å². The van der Waals surface area contributed by atoms with E-state index in [-0.39, 0.29) is 5.91 Å². The van der Waals surface area contributed by atoms with Crippen molar-refractivity contribution >= 4 is 14.2 Å². The maximum Gasteiger partial charge on any atom is 0.246 e. The second kappa shape index (κ2) is 8.47. The number of hydrogen-bond acceptors (Lipinski definition) is 2. The number of hydrogen-bond donors (Lipinski definition) is 1. The van der Waals surface area contributed by atoms with Crippen molar-refractivity contribution in [1.82, 2.24) is 5.32 Å². The molecule has 0 saturated carbocycles. The first kappa shape index (κ1) is 16.4. The summed E-state index contributed by atoms with van der Waals surface area (Å²) in [5.41, 5.74) is 0.573. The minimum Gasteiger partial charge on any atom is -0.417 e. The molecule has 0 aliphatic carbocycles. The van der Waals surface area contributed by atoms with E-state index in [1.54, 1.807) is 6.92 Å². The van der Waals surface area contributed by atoms with E-state index in [9.17, 15) is 4.79 Å². The van der Waals surface area contributed by atoms with Gasteiger partial charge in [0.05, 0.1) is 0 Å². The monoisotopic (exact) mass is 257 g/mol. The van der Waals surface area contributed by atoms with E-state index in [0.29, 0.717) is 5.57 Å². The van der Waals surface area contributed by atoms with Gasteiger partial charge in [-0.3, -0.25) is 4.79 Å². The molecule has 0 aromatic rings. The van der Waals surface area contributed by atoms with Crippen LogP contribution in [0.15, 0.2) is 12.2 Å². The Hall–Kier alpha value is -0.613. The van der Waals surface area contributed by atoms with Gasteiger partial charge in [-0.25, -0.2) is 0 Å². The third kappa shape index (κ3) is 6.03. The van der Waals surface area contributed by atoms with Crippen molar-refractivity contribution in [2.24, 2.45) is 0 Å². The molecule has 3 nitrogen and oxygen atoms in total. The lowest BCUT2D eigenvalue weighted by molar-refractivity contribution is -0.117. The largest absolute Gasteiger partial charge is 0.417 e. The van der Waals surface area contributed by atoms with Gasteiger partial charge in [0.1, 0.15) is 0 Å². The summed E-state index contributed by atoms with van der Waals surface area (Å²) in [5, 5.41) is 2.87. The zero-order valence-electron chi connectivity index (χ0n) is 11.8. The molecule has 0 fully saturated rings. The van der Waals surface area contributed by atoms with Gasteiger partial charge in [0.15, 0.2) is 8.32 Å². The Bertz CT molecular complexity index is 250. The van der Waals surface area contributed by atoms with Gasteiger partial charge >= 0.3 is 0 Å². The van der Waals surface area contributed by atoms with Crippen LogP contribution in [0.5, 0.6) is 0 Å².